The van der Waals surface area contributed by atoms with Crippen LogP contribution in [-0.2, 0) is 6.54 Å². The highest BCUT2D eigenvalue weighted by Gasteiger charge is 2.26. The van der Waals surface area contributed by atoms with Crippen LogP contribution in [0.15, 0.2) is 6.20 Å². The van der Waals surface area contributed by atoms with Gasteiger partial charge < -0.3 is 15.2 Å². The number of nitrogens with one attached hydrogen (secondary N) is 1. The summed E-state index contributed by atoms with van der Waals surface area (Å²) in [5.74, 6) is 2.02. The Morgan fingerprint density at radius 2 is 2.10 bits per heavy atom. The highest BCUT2D eigenvalue weighted by molar-refractivity contribution is 5.40. The zero-order valence-electron chi connectivity index (χ0n) is 12.8. The second-order valence-corrected chi connectivity index (χ2v) is 5.81. The van der Waals surface area contributed by atoms with Crippen molar-refractivity contribution in [2.75, 3.05) is 20.3 Å². The molecule has 2 rings (SSSR count). The zero-order valence-corrected chi connectivity index (χ0v) is 12.8. The quantitative estimate of drug-likeness (QED) is 0.837. The molecule has 1 aliphatic carbocycles. The number of rotatable bonds is 6. The molecule has 1 aromatic rings. The van der Waals surface area contributed by atoms with E-state index in [-0.39, 0.29) is 0 Å². The maximum absolute atomic E-state index is 9.34. The van der Waals surface area contributed by atoms with E-state index in [1.165, 1.54) is 19.3 Å². The molecule has 0 radical (unpaired) electrons. The van der Waals surface area contributed by atoms with E-state index < -0.39 is 0 Å². The van der Waals surface area contributed by atoms with Gasteiger partial charge in [-0.05, 0) is 45.1 Å². The Balaban J connectivity index is 1.91. The van der Waals surface area contributed by atoms with Crippen LogP contribution < -0.4 is 10.1 Å². The molecule has 1 fully saturated rings. The summed E-state index contributed by atoms with van der Waals surface area (Å²) in [6.07, 6.45) is 5.50. The van der Waals surface area contributed by atoms with Gasteiger partial charge in [0.2, 0.25) is 0 Å². The molecular weight excluding hydrogens is 252 g/mol. The average molecular weight is 278 g/mol. The van der Waals surface area contributed by atoms with Crippen LogP contribution in [-0.4, -0.2) is 30.4 Å². The molecule has 2 N–H and O–H groups in total. The normalized spacial score (nSPS) is 22.2. The molecule has 0 bridgehead atoms. The van der Waals surface area contributed by atoms with Gasteiger partial charge in [0.15, 0.2) is 0 Å². The van der Waals surface area contributed by atoms with Crippen molar-refractivity contribution in [3.05, 3.63) is 23.0 Å². The zero-order chi connectivity index (χ0) is 14.5. The summed E-state index contributed by atoms with van der Waals surface area (Å²) in [4.78, 5) is 4.50. The van der Waals surface area contributed by atoms with Crippen LogP contribution in [0.3, 0.4) is 0 Å². The lowest BCUT2D eigenvalue weighted by Crippen LogP contribution is -2.27. The maximum atomic E-state index is 9.34. The molecular formula is C16H26N2O2. The van der Waals surface area contributed by atoms with E-state index in [0.29, 0.717) is 18.4 Å². The molecule has 1 aromatic heterocycles. The first-order valence-electron chi connectivity index (χ1n) is 7.48. The van der Waals surface area contributed by atoms with Gasteiger partial charge in [0.1, 0.15) is 5.75 Å². The first-order chi connectivity index (χ1) is 9.67. The van der Waals surface area contributed by atoms with Crippen LogP contribution in [0.4, 0.5) is 0 Å². The highest BCUT2D eigenvalue weighted by atomic mass is 16.5. The Labute approximate surface area is 121 Å². The summed E-state index contributed by atoms with van der Waals surface area (Å²) < 4.78 is 5.43. The Bertz CT molecular complexity index is 448. The van der Waals surface area contributed by atoms with Crippen LogP contribution in [0.1, 0.15) is 36.1 Å². The highest BCUT2D eigenvalue weighted by Crippen LogP contribution is 2.30. The van der Waals surface area contributed by atoms with Gasteiger partial charge in [0, 0.05) is 30.5 Å². The molecule has 20 heavy (non-hydrogen) atoms. The van der Waals surface area contributed by atoms with Gasteiger partial charge in [-0.15, -0.1) is 0 Å². The molecule has 2 unspecified atom stereocenters. The number of aliphatic hydroxyl groups is 1. The fourth-order valence-electron chi connectivity index (χ4n) is 3.25. The molecule has 4 heteroatoms. The molecule has 1 heterocycles. The first kappa shape index (κ1) is 15.3. The standard InChI is InChI=1S/C16H26N2O2/c1-11-7-18-15(12(2)16(11)20-3)9-17-8-13-5-4-6-14(13)10-19/h7,13-14,17,19H,4-6,8-10H2,1-3H3. The van der Waals surface area contributed by atoms with Crippen molar-refractivity contribution in [3.8, 4) is 5.75 Å². The Morgan fingerprint density at radius 1 is 1.35 bits per heavy atom. The molecule has 2 atom stereocenters. The third-order valence-corrected chi connectivity index (χ3v) is 4.50. The predicted molar refractivity (Wildman–Crippen MR) is 79.9 cm³/mol. The molecule has 0 saturated heterocycles. The number of aromatic nitrogens is 1. The fourth-order valence-corrected chi connectivity index (χ4v) is 3.25. The van der Waals surface area contributed by atoms with E-state index in [0.717, 1.165) is 35.7 Å². The molecule has 112 valence electrons. The third-order valence-electron chi connectivity index (χ3n) is 4.50. The number of pyridine rings is 1. The minimum absolute atomic E-state index is 0.321. The molecule has 0 spiro atoms. The number of ether oxygens (including phenoxy) is 1. The lowest BCUT2D eigenvalue weighted by atomic mass is 9.97. The van der Waals surface area contributed by atoms with Crippen molar-refractivity contribution in [1.82, 2.24) is 10.3 Å². The molecule has 0 aliphatic heterocycles. The number of hydrogen-bond acceptors (Lipinski definition) is 4. The van der Waals surface area contributed by atoms with Crippen molar-refractivity contribution in [1.29, 1.82) is 0 Å². The van der Waals surface area contributed by atoms with Gasteiger partial charge in [-0.25, -0.2) is 0 Å². The summed E-state index contributed by atoms with van der Waals surface area (Å²) in [6.45, 7) is 6.12. The largest absolute Gasteiger partial charge is 0.496 e. The van der Waals surface area contributed by atoms with E-state index >= 15 is 0 Å². The van der Waals surface area contributed by atoms with Gasteiger partial charge in [0.25, 0.3) is 0 Å². The summed E-state index contributed by atoms with van der Waals surface area (Å²) in [5.41, 5.74) is 3.24. The van der Waals surface area contributed by atoms with Gasteiger partial charge in [-0.3, -0.25) is 4.98 Å². The molecule has 1 aliphatic rings. The number of methoxy groups -OCH3 is 1. The molecule has 1 saturated carbocycles. The summed E-state index contributed by atoms with van der Waals surface area (Å²) in [5, 5.41) is 12.8. The maximum Gasteiger partial charge on any atom is 0.128 e. The second-order valence-electron chi connectivity index (χ2n) is 5.81. The van der Waals surface area contributed by atoms with Crippen LogP contribution in [0.25, 0.3) is 0 Å². The Hall–Kier alpha value is -1.13. The molecule has 0 amide bonds. The monoisotopic (exact) mass is 278 g/mol. The third kappa shape index (κ3) is 3.30. The van der Waals surface area contributed by atoms with Crippen molar-refractivity contribution < 1.29 is 9.84 Å². The Kier molecular flexibility index (Phi) is 5.38. The van der Waals surface area contributed by atoms with Gasteiger partial charge >= 0.3 is 0 Å². The van der Waals surface area contributed by atoms with Crippen molar-refractivity contribution >= 4 is 0 Å². The lowest BCUT2D eigenvalue weighted by Gasteiger charge is -2.18. The first-order valence-corrected chi connectivity index (χ1v) is 7.48. The van der Waals surface area contributed by atoms with Crippen LogP contribution >= 0.6 is 0 Å². The fraction of sp³-hybridized carbons (Fsp3) is 0.688. The van der Waals surface area contributed by atoms with Crippen LogP contribution in [0.2, 0.25) is 0 Å². The minimum atomic E-state index is 0.321. The van der Waals surface area contributed by atoms with E-state index in [4.69, 9.17) is 4.74 Å². The molecule has 4 nitrogen and oxygen atoms in total. The van der Waals surface area contributed by atoms with E-state index in [9.17, 15) is 5.11 Å². The number of hydrogen-bond donors (Lipinski definition) is 2. The second kappa shape index (κ2) is 7.04. The van der Waals surface area contributed by atoms with Crippen molar-refractivity contribution in [3.63, 3.8) is 0 Å². The van der Waals surface area contributed by atoms with Crippen molar-refractivity contribution in [2.24, 2.45) is 11.8 Å². The van der Waals surface area contributed by atoms with E-state index in [1.807, 2.05) is 13.1 Å². The van der Waals surface area contributed by atoms with Gasteiger partial charge in [-0.1, -0.05) is 6.42 Å². The SMILES string of the molecule is COc1c(C)cnc(CNCC2CCCC2CO)c1C. The van der Waals surface area contributed by atoms with E-state index in [1.54, 1.807) is 7.11 Å². The smallest absolute Gasteiger partial charge is 0.128 e. The molecule has 0 aromatic carbocycles. The number of aliphatic hydroxyl groups excluding tert-OH is 1. The summed E-state index contributed by atoms with van der Waals surface area (Å²) >= 11 is 0. The summed E-state index contributed by atoms with van der Waals surface area (Å²) in [7, 11) is 1.71. The lowest BCUT2D eigenvalue weighted by molar-refractivity contribution is 0.192. The number of nitrogens with zero attached hydrogens (tertiary/aromatic N) is 1. The minimum Gasteiger partial charge on any atom is -0.496 e. The van der Waals surface area contributed by atoms with E-state index in [2.05, 4.69) is 17.2 Å². The number of aryl methyl sites for hydroxylation is 1. The summed E-state index contributed by atoms with van der Waals surface area (Å²) in [6, 6.07) is 0. The van der Waals surface area contributed by atoms with Crippen LogP contribution in [0, 0.1) is 25.7 Å². The Morgan fingerprint density at radius 3 is 2.80 bits per heavy atom. The van der Waals surface area contributed by atoms with Crippen LogP contribution in [0.5, 0.6) is 5.75 Å². The predicted octanol–water partition coefficient (Wildman–Crippen LogP) is 2.21. The van der Waals surface area contributed by atoms with Crippen molar-refractivity contribution in [2.45, 2.75) is 39.7 Å². The van der Waals surface area contributed by atoms with Gasteiger partial charge in [-0.2, -0.15) is 0 Å². The average Bonchev–Trinajstić information content (AvgIpc) is 2.89. The van der Waals surface area contributed by atoms with Gasteiger partial charge in [0.05, 0.1) is 12.8 Å². The topological polar surface area (TPSA) is 54.4 Å².